The van der Waals surface area contributed by atoms with E-state index < -0.39 is 17.2 Å². The zero-order valence-electron chi connectivity index (χ0n) is 18.8. The molecule has 1 N–H and O–H groups in total. The van der Waals surface area contributed by atoms with Crippen molar-refractivity contribution in [3.05, 3.63) is 46.4 Å². The first-order valence-corrected chi connectivity index (χ1v) is 11.4. The Bertz CT molecular complexity index is 1190. The minimum atomic E-state index is -0.797. The molecule has 4 rings (SSSR count). The summed E-state index contributed by atoms with van der Waals surface area (Å²) in [7, 11) is 0. The molecular weight excluding hydrogens is 431 g/mol. The van der Waals surface area contributed by atoms with E-state index in [1.807, 2.05) is 13.8 Å². The van der Waals surface area contributed by atoms with Gasteiger partial charge >= 0.3 is 5.97 Å². The number of piperidine rings is 1. The SMILES string of the molecule is CC[C@]1(C(=O)O)CCCN(c2c(C(C)C)c(C)nc3cc(-c4ccc(Cl)cc4F)nn23)C1. The molecule has 0 spiro atoms. The second-order valence-electron chi connectivity index (χ2n) is 8.98. The maximum absolute atomic E-state index is 14.6. The molecular formula is C24H28ClFN4O2. The van der Waals surface area contributed by atoms with Crippen LogP contribution in [0.4, 0.5) is 10.2 Å². The van der Waals surface area contributed by atoms with Gasteiger partial charge in [0.25, 0.3) is 0 Å². The van der Waals surface area contributed by atoms with Crippen LogP contribution in [0.3, 0.4) is 0 Å². The summed E-state index contributed by atoms with van der Waals surface area (Å²) in [4.78, 5) is 19.1. The number of carbonyl (C=O) groups is 1. The number of rotatable bonds is 5. The van der Waals surface area contributed by atoms with E-state index in [1.165, 1.54) is 6.07 Å². The van der Waals surface area contributed by atoms with Crippen LogP contribution in [0.15, 0.2) is 24.3 Å². The number of carboxylic acid groups (broad SMARTS) is 1. The van der Waals surface area contributed by atoms with Crippen molar-refractivity contribution in [1.82, 2.24) is 14.6 Å². The van der Waals surface area contributed by atoms with Crippen LogP contribution in [0.1, 0.15) is 57.2 Å². The largest absolute Gasteiger partial charge is 0.481 e. The number of carboxylic acids is 1. The molecule has 0 radical (unpaired) electrons. The molecule has 0 aliphatic carbocycles. The quantitative estimate of drug-likeness (QED) is 0.530. The molecule has 1 fully saturated rings. The van der Waals surface area contributed by atoms with Crippen LogP contribution in [0, 0.1) is 18.2 Å². The molecule has 8 heteroatoms. The lowest BCUT2D eigenvalue weighted by atomic mass is 9.77. The Morgan fingerprint density at radius 1 is 1.34 bits per heavy atom. The fourth-order valence-electron chi connectivity index (χ4n) is 4.85. The number of aryl methyl sites for hydroxylation is 1. The Kier molecular flexibility index (Phi) is 5.88. The number of fused-ring (bicyclic) bond motifs is 1. The standard InChI is InChI=1S/C24H28ClFN4O2/c1-5-24(23(31)32)9-6-10-29(13-24)22-21(14(2)3)15(4)27-20-12-19(28-30(20)22)17-8-7-16(25)11-18(17)26/h7-8,11-12,14H,5-6,9-10,13H2,1-4H3,(H,31,32)/t24-/m0/s1. The van der Waals surface area contributed by atoms with Gasteiger partial charge in [0, 0.05) is 41.0 Å². The van der Waals surface area contributed by atoms with E-state index in [1.54, 1.807) is 22.7 Å². The lowest BCUT2D eigenvalue weighted by molar-refractivity contribution is -0.149. The summed E-state index contributed by atoms with van der Waals surface area (Å²) >= 11 is 5.92. The molecule has 0 unspecified atom stereocenters. The van der Waals surface area contributed by atoms with Crippen LogP contribution in [0.5, 0.6) is 0 Å². The molecule has 0 bridgehead atoms. The topological polar surface area (TPSA) is 70.7 Å². The highest BCUT2D eigenvalue weighted by atomic mass is 35.5. The minimum absolute atomic E-state index is 0.157. The molecule has 1 aliphatic heterocycles. The smallest absolute Gasteiger partial charge is 0.311 e. The van der Waals surface area contributed by atoms with Crippen molar-refractivity contribution in [3.63, 3.8) is 0 Å². The number of aliphatic carboxylic acids is 1. The Morgan fingerprint density at radius 2 is 2.09 bits per heavy atom. The number of hydrogen-bond acceptors (Lipinski definition) is 4. The molecule has 32 heavy (non-hydrogen) atoms. The van der Waals surface area contributed by atoms with Crippen LogP contribution < -0.4 is 4.90 Å². The molecule has 1 aliphatic rings. The zero-order valence-corrected chi connectivity index (χ0v) is 19.6. The van der Waals surface area contributed by atoms with Crippen LogP contribution in [0.25, 0.3) is 16.9 Å². The van der Waals surface area contributed by atoms with Crippen molar-refractivity contribution in [2.45, 2.75) is 52.9 Å². The van der Waals surface area contributed by atoms with Crippen LogP contribution >= 0.6 is 11.6 Å². The van der Waals surface area contributed by atoms with Gasteiger partial charge in [-0.05, 0) is 50.3 Å². The molecule has 1 aromatic carbocycles. The first kappa shape index (κ1) is 22.5. The van der Waals surface area contributed by atoms with Gasteiger partial charge in [0.05, 0.1) is 11.1 Å². The van der Waals surface area contributed by atoms with Crippen LogP contribution in [-0.2, 0) is 4.79 Å². The first-order valence-electron chi connectivity index (χ1n) is 11.0. The maximum atomic E-state index is 14.6. The number of nitrogens with zero attached hydrogens (tertiary/aromatic N) is 4. The van der Waals surface area contributed by atoms with E-state index in [0.717, 1.165) is 30.0 Å². The third-order valence-corrected chi connectivity index (χ3v) is 6.83. The summed E-state index contributed by atoms with van der Waals surface area (Å²) < 4.78 is 16.4. The number of benzene rings is 1. The fraction of sp³-hybridized carbons (Fsp3) is 0.458. The summed E-state index contributed by atoms with van der Waals surface area (Å²) in [5.74, 6) is -0.203. The number of aromatic nitrogens is 3. The van der Waals surface area contributed by atoms with Crippen molar-refractivity contribution in [2.24, 2.45) is 5.41 Å². The second kappa shape index (κ2) is 8.35. The minimum Gasteiger partial charge on any atom is -0.481 e. The van der Waals surface area contributed by atoms with Crippen molar-refractivity contribution < 1.29 is 14.3 Å². The molecule has 1 saturated heterocycles. The lowest BCUT2D eigenvalue weighted by Crippen LogP contribution is -2.48. The predicted molar refractivity (Wildman–Crippen MR) is 124 cm³/mol. The van der Waals surface area contributed by atoms with Gasteiger partial charge in [0.1, 0.15) is 11.6 Å². The van der Waals surface area contributed by atoms with Crippen molar-refractivity contribution in [3.8, 4) is 11.3 Å². The molecule has 170 valence electrons. The van der Waals surface area contributed by atoms with E-state index >= 15 is 0 Å². The average molecular weight is 459 g/mol. The molecule has 6 nitrogen and oxygen atoms in total. The fourth-order valence-corrected chi connectivity index (χ4v) is 5.01. The van der Waals surface area contributed by atoms with Gasteiger partial charge in [-0.3, -0.25) is 4.79 Å². The highest BCUT2D eigenvalue weighted by Gasteiger charge is 2.42. The summed E-state index contributed by atoms with van der Waals surface area (Å²) in [5.41, 5.74) is 2.52. The number of halogens is 2. The van der Waals surface area contributed by atoms with Gasteiger partial charge in [0.15, 0.2) is 5.65 Å². The highest BCUT2D eigenvalue weighted by molar-refractivity contribution is 6.30. The third kappa shape index (κ3) is 3.72. The van der Waals surface area contributed by atoms with Gasteiger partial charge < -0.3 is 10.0 Å². The summed E-state index contributed by atoms with van der Waals surface area (Å²) in [6.45, 7) is 9.22. The first-order chi connectivity index (χ1) is 15.2. The summed E-state index contributed by atoms with van der Waals surface area (Å²) in [6, 6.07) is 6.28. The van der Waals surface area contributed by atoms with E-state index in [4.69, 9.17) is 21.7 Å². The van der Waals surface area contributed by atoms with Gasteiger partial charge in [-0.25, -0.2) is 9.37 Å². The Labute approximate surface area is 192 Å². The molecule has 1 atom stereocenters. The average Bonchev–Trinajstić information content (AvgIpc) is 3.15. The van der Waals surface area contributed by atoms with Gasteiger partial charge in [-0.15, -0.1) is 0 Å². The van der Waals surface area contributed by atoms with E-state index in [-0.39, 0.29) is 5.92 Å². The molecule has 0 amide bonds. The van der Waals surface area contributed by atoms with Crippen LogP contribution in [0.2, 0.25) is 5.02 Å². The Hall–Kier alpha value is -2.67. The van der Waals surface area contributed by atoms with E-state index in [0.29, 0.717) is 41.3 Å². The predicted octanol–water partition coefficient (Wildman–Crippen LogP) is 5.70. The third-order valence-electron chi connectivity index (χ3n) is 6.60. The Balaban J connectivity index is 1.92. The van der Waals surface area contributed by atoms with E-state index in [9.17, 15) is 14.3 Å². The Morgan fingerprint density at radius 3 is 2.72 bits per heavy atom. The number of hydrogen-bond donors (Lipinski definition) is 1. The highest BCUT2D eigenvalue weighted by Crippen LogP contribution is 2.39. The lowest BCUT2D eigenvalue weighted by Gasteiger charge is -2.41. The monoisotopic (exact) mass is 458 g/mol. The molecule has 3 aromatic rings. The van der Waals surface area contributed by atoms with Crippen LogP contribution in [-0.4, -0.2) is 38.8 Å². The van der Waals surface area contributed by atoms with E-state index in [2.05, 4.69) is 18.7 Å². The van der Waals surface area contributed by atoms with Crippen molar-refractivity contribution >= 4 is 29.0 Å². The van der Waals surface area contributed by atoms with Gasteiger partial charge in [-0.1, -0.05) is 32.4 Å². The van der Waals surface area contributed by atoms with Crippen molar-refractivity contribution in [2.75, 3.05) is 18.0 Å². The second-order valence-corrected chi connectivity index (χ2v) is 9.41. The number of anilines is 1. The molecule has 0 saturated carbocycles. The molecule has 2 aromatic heterocycles. The zero-order chi connectivity index (χ0) is 23.2. The van der Waals surface area contributed by atoms with Gasteiger partial charge in [-0.2, -0.15) is 9.61 Å². The maximum Gasteiger partial charge on any atom is 0.311 e. The van der Waals surface area contributed by atoms with Gasteiger partial charge in [0.2, 0.25) is 0 Å². The normalized spacial score (nSPS) is 19.2. The molecule has 3 heterocycles. The van der Waals surface area contributed by atoms with Crippen molar-refractivity contribution in [1.29, 1.82) is 0 Å². The summed E-state index contributed by atoms with van der Waals surface area (Å²) in [5, 5.41) is 15.0. The summed E-state index contributed by atoms with van der Waals surface area (Å²) in [6.07, 6.45) is 1.99.